The van der Waals surface area contributed by atoms with Crippen LogP contribution in [0.1, 0.15) is 42.7 Å². The lowest BCUT2D eigenvalue weighted by Gasteiger charge is -2.17. The van der Waals surface area contributed by atoms with Gasteiger partial charge in [0.1, 0.15) is 6.61 Å². The smallest absolute Gasteiger partial charge is 0.432 e. The summed E-state index contributed by atoms with van der Waals surface area (Å²) < 4.78 is 5.29. The van der Waals surface area contributed by atoms with E-state index >= 15 is 0 Å². The lowest BCUT2D eigenvalue weighted by Crippen LogP contribution is -2.34. The van der Waals surface area contributed by atoms with Crippen molar-refractivity contribution in [1.82, 2.24) is 9.96 Å². The van der Waals surface area contributed by atoms with Gasteiger partial charge in [-0.2, -0.15) is 11.8 Å². The molecule has 1 N–H and O–H groups in total. The number of anilines is 1. The fraction of sp³-hybridized carbons (Fsp3) is 0.333. The van der Waals surface area contributed by atoms with Crippen LogP contribution in [-0.4, -0.2) is 70.3 Å². The summed E-state index contributed by atoms with van der Waals surface area (Å²) >= 11 is 1.32. The van der Waals surface area contributed by atoms with Crippen LogP contribution in [-0.2, 0) is 33.5 Å². The second kappa shape index (κ2) is 10.9. The summed E-state index contributed by atoms with van der Waals surface area (Å²) in [5.74, 6) is -2.48. The molecule has 5 rings (SSSR count). The maximum atomic E-state index is 12.7. The van der Waals surface area contributed by atoms with Crippen molar-refractivity contribution in [1.29, 1.82) is 0 Å². The Morgan fingerprint density at radius 3 is 2.41 bits per heavy atom. The highest BCUT2D eigenvalue weighted by Gasteiger charge is 2.38. The normalized spacial score (nSPS) is 19.8. The standard InChI is InChI=1S/C27H25N3O8S/c1-39-21-13-25(34)29(26(21)35)11-10-22(31)28-15-6-7-18-16-4-2-3-5-17(16)20(19(18)12-15)14-37-27(36)38-30-23(32)8-9-24(30)33/h2-7,12,20-21H,8-11,13-14H2,1H3,(H,28,31). The van der Waals surface area contributed by atoms with E-state index in [1.807, 2.05) is 30.3 Å². The second-order valence-electron chi connectivity index (χ2n) is 9.29. The van der Waals surface area contributed by atoms with E-state index in [-0.39, 0.29) is 62.5 Å². The Bertz CT molecular complexity index is 1380. The number of hydrogen-bond acceptors (Lipinski definition) is 9. The molecule has 2 aliphatic heterocycles. The Balaban J connectivity index is 1.25. The Hall–Kier alpha value is -4.19. The molecule has 0 radical (unpaired) electrons. The van der Waals surface area contributed by atoms with Crippen LogP contribution in [0.5, 0.6) is 0 Å². The van der Waals surface area contributed by atoms with Gasteiger partial charge >= 0.3 is 6.16 Å². The molecule has 2 unspecified atom stereocenters. The number of hydroxylamine groups is 2. The molecule has 5 amide bonds. The zero-order valence-electron chi connectivity index (χ0n) is 21.0. The van der Waals surface area contributed by atoms with Crippen LogP contribution in [0.15, 0.2) is 42.5 Å². The third-order valence-electron chi connectivity index (χ3n) is 6.93. The summed E-state index contributed by atoms with van der Waals surface area (Å²) in [6.45, 7) is -0.107. The van der Waals surface area contributed by atoms with E-state index < -0.39 is 23.2 Å². The molecule has 2 aromatic rings. The number of nitrogens with zero attached hydrogens (tertiary/aromatic N) is 2. The van der Waals surface area contributed by atoms with E-state index in [1.165, 1.54) is 11.8 Å². The number of carbonyl (C=O) groups excluding carboxylic acids is 6. The van der Waals surface area contributed by atoms with Gasteiger partial charge in [-0.15, -0.1) is 0 Å². The van der Waals surface area contributed by atoms with Gasteiger partial charge in [0.2, 0.25) is 17.7 Å². The molecular formula is C27H25N3O8S. The maximum absolute atomic E-state index is 12.7. The summed E-state index contributed by atoms with van der Waals surface area (Å²) in [6, 6.07) is 13.0. The quantitative estimate of drug-likeness (QED) is 0.387. The van der Waals surface area contributed by atoms with Gasteiger partial charge in [0, 0.05) is 43.8 Å². The zero-order valence-corrected chi connectivity index (χ0v) is 21.8. The van der Waals surface area contributed by atoms with Crippen molar-refractivity contribution in [2.75, 3.05) is 24.7 Å². The average molecular weight is 552 g/mol. The Morgan fingerprint density at radius 1 is 0.974 bits per heavy atom. The lowest BCUT2D eigenvalue weighted by atomic mass is 9.97. The highest BCUT2D eigenvalue weighted by atomic mass is 32.2. The topological polar surface area (TPSA) is 139 Å². The Kier molecular flexibility index (Phi) is 7.38. The van der Waals surface area contributed by atoms with Crippen molar-refractivity contribution in [3.8, 4) is 11.1 Å². The van der Waals surface area contributed by atoms with Crippen molar-refractivity contribution in [2.24, 2.45) is 0 Å². The van der Waals surface area contributed by atoms with Crippen LogP contribution in [0.3, 0.4) is 0 Å². The molecule has 1 aliphatic carbocycles. The number of fused-ring (bicyclic) bond motifs is 3. The first kappa shape index (κ1) is 26.4. The number of likely N-dealkylation sites (tertiary alicyclic amines) is 1. The van der Waals surface area contributed by atoms with Gasteiger partial charge < -0.3 is 10.1 Å². The van der Waals surface area contributed by atoms with Crippen molar-refractivity contribution in [2.45, 2.75) is 36.9 Å². The van der Waals surface area contributed by atoms with Crippen LogP contribution in [0.4, 0.5) is 10.5 Å². The van der Waals surface area contributed by atoms with Crippen LogP contribution in [0.25, 0.3) is 11.1 Å². The molecule has 11 nitrogen and oxygen atoms in total. The zero-order chi connectivity index (χ0) is 27.7. The first-order valence-corrected chi connectivity index (χ1v) is 13.7. The van der Waals surface area contributed by atoms with Gasteiger partial charge in [-0.1, -0.05) is 35.4 Å². The molecule has 2 heterocycles. The summed E-state index contributed by atoms with van der Waals surface area (Å²) in [4.78, 5) is 78.7. The highest BCUT2D eigenvalue weighted by molar-refractivity contribution is 8.00. The van der Waals surface area contributed by atoms with Gasteiger partial charge in [0.15, 0.2) is 0 Å². The fourth-order valence-corrected chi connectivity index (χ4v) is 5.62. The van der Waals surface area contributed by atoms with Crippen LogP contribution in [0, 0.1) is 0 Å². The number of hydrogen-bond donors (Lipinski definition) is 1. The van der Waals surface area contributed by atoms with Crippen molar-refractivity contribution in [3.05, 3.63) is 53.6 Å². The SMILES string of the molecule is CSC1CC(=O)N(CCC(=O)Nc2ccc3c(c2)C(COC(=O)ON2C(=O)CCC2=O)c2ccccc2-3)C1=O. The Morgan fingerprint density at radius 2 is 1.69 bits per heavy atom. The van der Waals surface area contributed by atoms with Gasteiger partial charge in [-0.25, -0.2) is 4.79 Å². The number of imide groups is 2. The molecule has 2 fully saturated rings. The monoisotopic (exact) mass is 551 g/mol. The highest BCUT2D eigenvalue weighted by Crippen LogP contribution is 2.45. The fourth-order valence-electron chi connectivity index (χ4n) is 4.99. The molecule has 202 valence electrons. The second-order valence-corrected chi connectivity index (χ2v) is 10.3. The minimum Gasteiger partial charge on any atom is -0.432 e. The van der Waals surface area contributed by atoms with E-state index in [9.17, 15) is 28.8 Å². The largest absolute Gasteiger partial charge is 0.533 e. The third-order valence-corrected chi connectivity index (χ3v) is 7.86. The molecule has 2 saturated heterocycles. The molecule has 12 heteroatoms. The molecule has 3 aliphatic rings. The molecule has 2 atom stereocenters. The number of nitrogens with one attached hydrogen (secondary N) is 1. The first-order valence-electron chi connectivity index (χ1n) is 12.4. The maximum Gasteiger partial charge on any atom is 0.533 e. The molecule has 0 spiro atoms. The number of benzene rings is 2. The molecule has 2 aromatic carbocycles. The summed E-state index contributed by atoms with van der Waals surface area (Å²) in [5, 5.41) is 2.84. The third kappa shape index (κ3) is 5.24. The van der Waals surface area contributed by atoms with E-state index in [0.29, 0.717) is 10.8 Å². The number of amides is 5. The number of rotatable bonds is 8. The van der Waals surface area contributed by atoms with Gasteiger partial charge in [0.25, 0.3) is 11.8 Å². The Labute approximate surface area is 227 Å². The number of carbonyl (C=O) groups is 6. The number of thioether (sulfide) groups is 1. The van der Waals surface area contributed by atoms with E-state index in [2.05, 4.69) is 5.32 Å². The summed E-state index contributed by atoms with van der Waals surface area (Å²) in [5.41, 5.74) is 4.08. The van der Waals surface area contributed by atoms with E-state index in [0.717, 1.165) is 27.2 Å². The van der Waals surface area contributed by atoms with Crippen molar-refractivity contribution in [3.63, 3.8) is 0 Å². The summed E-state index contributed by atoms with van der Waals surface area (Å²) in [7, 11) is 0. The first-order chi connectivity index (χ1) is 18.8. The molecule has 39 heavy (non-hydrogen) atoms. The van der Waals surface area contributed by atoms with Crippen molar-refractivity contribution >= 4 is 53.1 Å². The van der Waals surface area contributed by atoms with Gasteiger partial charge in [0.05, 0.1) is 5.25 Å². The minimum absolute atomic E-state index is 0.0115. The molecule has 0 aromatic heterocycles. The molecule has 0 saturated carbocycles. The lowest BCUT2D eigenvalue weighted by molar-refractivity contribution is -0.177. The van der Waals surface area contributed by atoms with Crippen LogP contribution in [0.2, 0.25) is 0 Å². The summed E-state index contributed by atoms with van der Waals surface area (Å²) in [6.07, 6.45) is 0.676. The molecule has 0 bridgehead atoms. The van der Waals surface area contributed by atoms with Gasteiger partial charge in [-0.05, 0) is 40.6 Å². The predicted molar refractivity (Wildman–Crippen MR) is 139 cm³/mol. The molecular weight excluding hydrogens is 526 g/mol. The van der Waals surface area contributed by atoms with E-state index in [4.69, 9.17) is 9.57 Å². The van der Waals surface area contributed by atoms with Crippen molar-refractivity contribution < 1.29 is 38.3 Å². The number of ether oxygens (including phenoxy) is 1. The minimum atomic E-state index is -1.16. The van der Waals surface area contributed by atoms with E-state index in [1.54, 1.807) is 18.4 Å². The predicted octanol–water partition coefficient (Wildman–Crippen LogP) is 2.84. The van der Waals surface area contributed by atoms with Gasteiger partial charge in [-0.3, -0.25) is 33.7 Å². The average Bonchev–Trinajstić information content (AvgIpc) is 3.51. The van der Waals surface area contributed by atoms with Crippen LogP contribution < -0.4 is 5.32 Å². The van der Waals surface area contributed by atoms with Crippen LogP contribution >= 0.6 is 11.8 Å².